The predicted molar refractivity (Wildman–Crippen MR) is 117 cm³/mol. The van der Waals surface area contributed by atoms with E-state index in [9.17, 15) is 9.18 Å². The lowest BCUT2D eigenvalue weighted by Gasteiger charge is -2.06. The number of carbonyl (C=O) groups excluding carboxylic acids is 1. The third kappa shape index (κ3) is 4.09. The van der Waals surface area contributed by atoms with Crippen LogP contribution >= 0.6 is 0 Å². The van der Waals surface area contributed by atoms with Gasteiger partial charge in [-0.1, -0.05) is 5.16 Å². The molecule has 7 nitrogen and oxygen atoms in total. The van der Waals surface area contributed by atoms with Crippen LogP contribution in [-0.2, 0) is 11.3 Å². The Morgan fingerprint density at radius 2 is 1.94 bits per heavy atom. The normalized spacial score (nSPS) is 11.3. The number of amides is 1. The van der Waals surface area contributed by atoms with E-state index in [4.69, 9.17) is 18.4 Å². The SMILES string of the molecule is CNC(=O)c1c(-c2ccc(F)cc2)oc2cc(-c3cc(COC(C)C)on3)c(OC)cc12. The Morgan fingerprint density at radius 1 is 1.19 bits per heavy atom. The average molecular weight is 438 g/mol. The molecule has 0 spiro atoms. The molecule has 4 rings (SSSR count). The van der Waals surface area contributed by atoms with Crippen molar-refractivity contribution in [2.45, 2.75) is 26.6 Å². The molecule has 1 N–H and O–H groups in total. The number of aromatic nitrogens is 1. The first-order chi connectivity index (χ1) is 15.4. The summed E-state index contributed by atoms with van der Waals surface area (Å²) in [6, 6.07) is 11.0. The molecule has 166 valence electrons. The van der Waals surface area contributed by atoms with Gasteiger partial charge in [-0.15, -0.1) is 0 Å². The molecule has 0 fully saturated rings. The molecule has 2 aromatic heterocycles. The first-order valence-corrected chi connectivity index (χ1v) is 10.1. The average Bonchev–Trinajstić information content (AvgIpc) is 3.41. The van der Waals surface area contributed by atoms with Crippen molar-refractivity contribution in [3.05, 3.63) is 59.6 Å². The van der Waals surface area contributed by atoms with Crippen LogP contribution in [0.2, 0.25) is 0 Å². The topological polar surface area (TPSA) is 86.7 Å². The summed E-state index contributed by atoms with van der Waals surface area (Å²) in [5.74, 6) is 0.711. The third-order valence-electron chi connectivity index (χ3n) is 4.96. The Balaban J connectivity index is 1.85. The van der Waals surface area contributed by atoms with E-state index in [1.54, 1.807) is 30.3 Å². The lowest BCUT2D eigenvalue weighted by atomic mass is 10.0. The number of hydrogen-bond acceptors (Lipinski definition) is 6. The number of benzene rings is 2. The van der Waals surface area contributed by atoms with Crippen molar-refractivity contribution in [3.63, 3.8) is 0 Å². The van der Waals surface area contributed by atoms with Crippen molar-refractivity contribution < 1.29 is 27.6 Å². The van der Waals surface area contributed by atoms with Gasteiger partial charge in [0.2, 0.25) is 0 Å². The first kappa shape index (κ1) is 21.6. The van der Waals surface area contributed by atoms with Gasteiger partial charge in [-0.25, -0.2) is 4.39 Å². The molecule has 0 radical (unpaired) electrons. The van der Waals surface area contributed by atoms with Gasteiger partial charge in [0.1, 0.15) is 35.2 Å². The van der Waals surface area contributed by atoms with E-state index in [0.717, 1.165) is 0 Å². The van der Waals surface area contributed by atoms with Gasteiger partial charge in [-0.3, -0.25) is 4.79 Å². The number of hydrogen-bond donors (Lipinski definition) is 1. The van der Waals surface area contributed by atoms with Gasteiger partial charge in [0.15, 0.2) is 5.76 Å². The highest BCUT2D eigenvalue weighted by molar-refractivity contribution is 6.12. The van der Waals surface area contributed by atoms with Crippen molar-refractivity contribution in [1.29, 1.82) is 0 Å². The summed E-state index contributed by atoms with van der Waals surface area (Å²) in [6.45, 7) is 4.17. The number of ether oxygens (including phenoxy) is 2. The molecule has 0 unspecified atom stereocenters. The fourth-order valence-electron chi connectivity index (χ4n) is 3.40. The highest BCUT2D eigenvalue weighted by atomic mass is 19.1. The van der Waals surface area contributed by atoms with Gasteiger partial charge in [-0.2, -0.15) is 0 Å². The Kier molecular flexibility index (Phi) is 5.96. The van der Waals surface area contributed by atoms with Crippen LogP contribution in [-0.4, -0.2) is 31.3 Å². The molecule has 0 aliphatic carbocycles. The Morgan fingerprint density at radius 3 is 2.59 bits per heavy atom. The van der Waals surface area contributed by atoms with E-state index in [1.807, 2.05) is 13.8 Å². The maximum atomic E-state index is 13.4. The van der Waals surface area contributed by atoms with Gasteiger partial charge in [-0.05, 0) is 50.2 Å². The lowest BCUT2D eigenvalue weighted by molar-refractivity contribution is 0.0513. The molecule has 0 atom stereocenters. The molecule has 0 saturated carbocycles. The zero-order valence-corrected chi connectivity index (χ0v) is 18.2. The quantitative estimate of drug-likeness (QED) is 0.427. The minimum absolute atomic E-state index is 0.0607. The van der Waals surface area contributed by atoms with Crippen molar-refractivity contribution in [1.82, 2.24) is 10.5 Å². The molecule has 2 heterocycles. The number of furan rings is 1. The van der Waals surface area contributed by atoms with E-state index >= 15 is 0 Å². The zero-order chi connectivity index (χ0) is 22.8. The first-order valence-electron chi connectivity index (χ1n) is 10.1. The molecule has 32 heavy (non-hydrogen) atoms. The minimum Gasteiger partial charge on any atom is -0.496 e. The number of nitrogens with one attached hydrogen (secondary N) is 1. The van der Waals surface area contributed by atoms with Crippen LogP contribution in [0.1, 0.15) is 30.0 Å². The van der Waals surface area contributed by atoms with Crippen LogP contribution in [0, 0.1) is 5.82 Å². The van der Waals surface area contributed by atoms with Gasteiger partial charge in [0.25, 0.3) is 5.91 Å². The second kappa shape index (κ2) is 8.84. The summed E-state index contributed by atoms with van der Waals surface area (Å²) in [7, 11) is 3.07. The third-order valence-corrected chi connectivity index (χ3v) is 4.96. The van der Waals surface area contributed by atoms with E-state index in [0.29, 0.717) is 57.2 Å². The fourth-order valence-corrected chi connectivity index (χ4v) is 3.40. The highest BCUT2D eigenvalue weighted by Gasteiger charge is 2.24. The summed E-state index contributed by atoms with van der Waals surface area (Å²) in [4.78, 5) is 12.7. The predicted octanol–water partition coefficient (Wildman–Crippen LogP) is 5.19. The standard InChI is InChI=1S/C24H23FN2O5/c1-13(2)30-12-16-9-19(27-32-16)17-10-21-18(11-20(17)29-4)22(24(28)26-3)23(31-21)14-5-7-15(25)8-6-14/h5-11,13H,12H2,1-4H3,(H,26,28). The van der Waals surface area contributed by atoms with Gasteiger partial charge in [0.05, 0.1) is 18.8 Å². The molecule has 0 aliphatic heterocycles. The Labute approximate surface area is 184 Å². The van der Waals surface area contributed by atoms with Crippen LogP contribution in [0.3, 0.4) is 0 Å². The van der Waals surface area contributed by atoms with Crippen LogP contribution in [0.4, 0.5) is 4.39 Å². The second-order valence-electron chi connectivity index (χ2n) is 7.48. The molecule has 0 aliphatic rings. The largest absolute Gasteiger partial charge is 0.496 e. The van der Waals surface area contributed by atoms with Crippen molar-refractivity contribution in [2.75, 3.05) is 14.2 Å². The molecular weight excluding hydrogens is 415 g/mol. The Hall–Kier alpha value is -3.65. The van der Waals surface area contributed by atoms with Gasteiger partial charge in [0, 0.05) is 29.6 Å². The summed E-state index contributed by atoms with van der Waals surface area (Å²) < 4.78 is 36.0. The summed E-state index contributed by atoms with van der Waals surface area (Å²) in [5.41, 5.74) is 2.57. The molecule has 1 amide bonds. The van der Waals surface area contributed by atoms with Crippen LogP contribution in [0.15, 0.2) is 51.4 Å². The lowest BCUT2D eigenvalue weighted by Crippen LogP contribution is -2.18. The fraction of sp³-hybridized carbons (Fsp3) is 0.250. The molecule has 0 bridgehead atoms. The summed E-state index contributed by atoms with van der Waals surface area (Å²) in [5, 5.41) is 7.33. The second-order valence-corrected chi connectivity index (χ2v) is 7.48. The number of nitrogens with zero attached hydrogens (tertiary/aromatic N) is 1. The van der Waals surface area contributed by atoms with Crippen LogP contribution in [0.5, 0.6) is 5.75 Å². The maximum absolute atomic E-state index is 13.4. The zero-order valence-electron chi connectivity index (χ0n) is 18.2. The van der Waals surface area contributed by atoms with Crippen molar-refractivity contribution >= 4 is 16.9 Å². The molecule has 4 aromatic rings. The number of methoxy groups -OCH3 is 1. The monoisotopic (exact) mass is 438 g/mol. The Bertz CT molecular complexity index is 1260. The van der Waals surface area contributed by atoms with E-state index in [-0.39, 0.29) is 17.8 Å². The van der Waals surface area contributed by atoms with Crippen molar-refractivity contribution in [2.24, 2.45) is 0 Å². The molecular formula is C24H23FN2O5. The van der Waals surface area contributed by atoms with Gasteiger partial charge < -0.3 is 23.7 Å². The van der Waals surface area contributed by atoms with E-state index in [1.165, 1.54) is 26.3 Å². The number of fused-ring (bicyclic) bond motifs is 1. The summed E-state index contributed by atoms with van der Waals surface area (Å²) in [6.07, 6.45) is 0.0607. The number of carbonyl (C=O) groups is 1. The molecule has 8 heteroatoms. The molecule has 2 aromatic carbocycles. The van der Waals surface area contributed by atoms with Crippen LogP contribution in [0.25, 0.3) is 33.6 Å². The maximum Gasteiger partial charge on any atom is 0.255 e. The van der Waals surface area contributed by atoms with Crippen LogP contribution < -0.4 is 10.1 Å². The number of halogens is 1. The van der Waals surface area contributed by atoms with Crippen molar-refractivity contribution in [3.8, 4) is 28.3 Å². The summed E-state index contributed by atoms with van der Waals surface area (Å²) >= 11 is 0. The van der Waals surface area contributed by atoms with Gasteiger partial charge >= 0.3 is 0 Å². The molecule has 0 saturated heterocycles. The minimum atomic E-state index is -0.376. The van der Waals surface area contributed by atoms with E-state index in [2.05, 4.69) is 10.5 Å². The smallest absolute Gasteiger partial charge is 0.255 e. The van der Waals surface area contributed by atoms with E-state index < -0.39 is 0 Å². The number of rotatable bonds is 7. The highest BCUT2D eigenvalue weighted by Crippen LogP contribution is 2.40.